The molecule has 0 heterocycles. The quantitative estimate of drug-likeness (QED) is 0.350. The van der Waals surface area contributed by atoms with Crippen LogP contribution in [0.2, 0.25) is 0 Å². The highest BCUT2D eigenvalue weighted by molar-refractivity contribution is 5.79. The van der Waals surface area contributed by atoms with E-state index in [0.717, 1.165) is 5.56 Å². The predicted molar refractivity (Wildman–Crippen MR) is 63.2 cm³/mol. The van der Waals surface area contributed by atoms with Crippen LogP contribution in [-0.2, 0) is 6.54 Å². The lowest BCUT2D eigenvalue weighted by Crippen LogP contribution is -2.42. The molecule has 3 N–H and O–H groups in total. The van der Waals surface area contributed by atoms with E-state index in [0.29, 0.717) is 19.0 Å². The van der Waals surface area contributed by atoms with E-state index >= 15 is 0 Å². The number of hydrazine groups is 1. The fraction of sp³-hybridized carbons (Fsp3) is 0.364. The molecule has 5 heteroatoms. The highest BCUT2D eigenvalue weighted by Crippen LogP contribution is 2.05. The first-order valence-corrected chi connectivity index (χ1v) is 5.14. The van der Waals surface area contributed by atoms with Gasteiger partial charge in [0.05, 0.1) is 0 Å². The summed E-state index contributed by atoms with van der Waals surface area (Å²) < 4.78 is 12.7. The average Bonchev–Trinajstić information content (AvgIpc) is 2.29. The Labute approximate surface area is 94.9 Å². The van der Waals surface area contributed by atoms with E-state index in [1.807, 2.05) is 18.9 Å². The lowest BCUT2D eigenvalue weighted by atomic mass is 10.2. The zero-order valence-corrected chi connectivity index (χ0v) is 9.57. The highest BCUT2D eigenvalue weighted by atomic mass is 19.1. The molecule has 0 amide bonds. The number of rotatable bonds is 3. The van der Waals surface area contributed by atoms with Gasteiger partial charge in [0.2, 0.25) is 5.96 Å². The van der Waals surface area contributed by atoms with E-state index in [2.05, 4.69) is 10.4 Å². The van der Waals surface area contributed by atoms with Crippen molar-refractivity contribution in [2.75, 3.05) is 13.6 Å². The molecule has 0 bridgehead atoms. The first kappa shape index (κ1) is 12.4. The van der Waals surface area contributed by atoms with Crippen LogP contribution in [0.4, 0.5) is 4.39 Å². The highest BCUT2D eigenvalue weighted by Gasteiger charge is 2.04. The molecular formula is C11H17FN4. The summed E-state index contributed by atoms with van der Waals surface area (Å²) in [7, 11) is 1.87. The lowest BCUT2D eigenvalue weighted by molar-refractivity contribution is 0.477. The van der Waals surface area contributed by atoms with Gasteiger partial charge in [-0.1, -0.05) is 12.1 Å². The Kier molecular flexibility index (Phi) is 4.72. The maximum absolute atomic E-state index is 12.7. The van der Waals surface area contributed by atoms with Crippen molar-refractivity contribution in [1.82, 2.24) is 10.3 Å². The van der Waals surface area contributed by atoms with Gasteiger partial charge in [-0.2, -0.15) is 0 Å². The van der Waals surface area contributed by atoms with Gasteiger partial charge in [0.15, 0.2) is 0 Å². The van der Waals surface area contributed by atoms with Crippen LogP contribution in [-0.4, -0.2) is 24.5 Å². The molecular weight excluding hydrogens is 207 g/mol. The summed E-state index contributed by atoms with van der Waals surface area (Å²) >= 11 is 0. The Morgan fingerprint density at radius 1 is 1.44 bits per heavy atom. The van der Waals surface area contributed by atoms with E-state index in [1.165, 1.54) is 12.1 Å². The Hall–Kier alpha value is -1.62. The Balaban J connectivity index is 2.66. The summed E-state index contributed by atoms with van der Waals surface area (Å²) in [6, 6.07) is 6.36. The average molecular weight is 224 g/mol. The van der Waals surface area contributed by atoms with E-state index in [1.54, 1.807) is 12.1 Å². The van der Waals surface area contributed by atoms with Crippen molar-refractivity contribution >= 4 is 5.96 Å². The summed E-state index contributed by atoms with van der Waals surface area (Å²) in [5.74, 6) is 5.74. The summed E-state index contributed by atoms with van der Waals surface area (Å²) in [4.78, 5) is 6.06. The molecule has 0 radical (unpaired) electrons. The van der Waals surface area contributed by atoms with Gasteiger partial charge < -0.3 is 4.90 Å². The molecule has 1 aromatic carbocycles. The largest absolute Gasteiger partial charge is 0.341 e. The van der Waals surface area contributed by atoms with Crippen molar-refractivity contribution in [2.45, 2.75) is 13.5 Å². The van der Waals surface area contributed by atoms with Crippen LogP contribution in [0.5, 0.6) is 0 Å². The third-order valence-electron chi connectivity index (χ3n) is 2.13. The third-order valence-corrected chi connectivity index (χ3v) is 2.13. The minimum Gasteiger partial charge on any atom is -0.341 e. The first-order valence-electron chi connectivity index (χ1n) is 5.14. The van der Waals surface area contributed by atoms with Crippen LogP contribution < -0.4 is 11.3 Å². The number of nitrogens with zero attached hydrogens (tertiary/aromatic N) is 2. The summed E-state index contributed by atoms with van der Waals surface area (Å²) in [6.45, 7) is 3.22. The Bertz CT molecular complexity index is 348. The number of aliphatic imine (C=N–C) groups is 1. The molecule has 0 aliphatic carbocycles. The normalized spacial score (nSPS) is 11.4. The Morgan fingerprint density at radius 2 is 2.06 bits per heavy atom. The van der Waals surface area contributed by atoms with Crippen molar-refractivity contribution in [3.8, 4) is 0 Å². The molecule has 0 atom stereocenters. The molecule has 0 aliphatic heterocycles. The van der Waals surface area contributed by atoms with Gasteiger partial charge in [0, 0.05) is 20.1 Å². The number of nitrogens with two attached hydrogens (primary N) is 1. The van der Waals surface area contributed by atoms with Gasteiger partial charge >= 0.3 is 0 Å². The first-order chi connectivity index (χ1) is 7.67. The van der Waals surface area contributed by atoms with Crippen LogP contribution in [0, 0.1) is 5.82 Å². The Morgan fingerprint density at radius 3 is 2.56 bits per heavy atom. The van der Waals surface area contributed by atoms with Crippen LogP contribution in [0.15, 0.2) is 29.3 Å². The number of guanidine groups is 1. The molecule has 0 unspecified atom stereocenters. The smallest absolute Gasteiger partial charge is 0.208 e. The molecule has 1 aromatic rings. The molecule has 1 rings (SSSR count). The number of benzene rings is 1. The number of hydrogen-bond donors (Lipinski definition) is 2. The molecule has 88 valence electrons. The standard InChI is InChI=1S/C11H17FN4/c1-3-14-11(15-13)16(2)8-9-4-6-10(12)7-5-9/h4-7H,3,8,13H2,1-2H3,(H,14,15). The van der Waals surface area contributed by atoms with Gasteiger partial charge in [-0.05, 0) is 24.6 Å². The third kappa shape index (κ3) is 3.51. The SMILES string of the molecule is CCN=C(NN)N(C)Cc1ccc(F)cc1. The number of hydrogen-bond acceptors (Lipinski definition) is 2. The van der Waals surface area contributed by atoms with Crippen molar-refractivity contribution in [2.24, 2.45) is 10.8 Å². The molecule has 0 saturated heterocycles. The fourth-order valence-electron chi connectivity index (χ4n) is 1.36. The molecule has 0 spiro atoms. The van der Waals surface area contributed by atoms with Crippen molar-refractivity contribution in [1.29, 1.82) is 0 Å². The van der Waals surface area contributed by atoms with Crippen molar-refractivity contribution in [3.63, 3.8) is 0 Å². The summed E-state index contributed by atoms with van der Waals surface area (Å²) in [6.07, 6.45) is 0. The topological polar surface area (TPSA) is 53.6 Å². The minimum absolute atomic E-state index is 0.231. The van der Waals surface area contributed by atoms with Crippen LogP contribution >= 0.6 is 0 Å². The fourth-order valence-corrected chi connectivity index (χ4v) is 1.36. The van der Waals surface area contributed by atoms with Crippen LogP contribution in [0.1, 0.15) is 12.5 Å². The van der Waals surface area contributed by atoms with Crippen molar-refractivity contribution < 1.29 is 4.39 Å². The van der Waals surface area contributed by atoms with E-state index in [4.69, 9.17) is 5.84 Å². The van der Waals surface area contributed by atoms with E-state index in [-0.39, 0.29) is 5.82 Å². The van der Waals surface area contributed by atoms with Crippen molar-refractivity contribution in [3.05, 3.63) is 35.6 Å². The second-order valence-electron chi connectivity index (χ2n) is 3.42. The molecule has 0 aliphatic rings. The van der Waals surface area contributed by atoms with Gasteiger partial charge in [-0.15, -0.1) is 0 Å². The lowest BCUT2D eigenvalue weighted by Gasteiger charge is -2.20. The minimum atomic E-state index is -0.231. The monoisotopic (exact) mass is 224 g/mol. The summed E-state index contributed by atoms with van der Waals surface area (Å²) in [5.41, 5.74) is 3.54. The maximum atomic E-state index is 12.7. The van der Waals surface area contributed by atoms with Crippen LogP contribution in [0.25, 0.3) is 0 Å². The van der Waals surface area contributed by atoms with Gasteiger partial charge in [0.25, 0.3) is 0 Å². The second-order valence-corrected chi connectivity index (χ2v) is 3.42. The summed E-state index contributed by atoms with van der Waals surface area (Å²) in [5, 5.41) is 0. The van der Waals surface area contributed by atoms with Gasteiger partial charge in [-0.3, -0.25) is 10.4 Å². The second kappa shape index (κ2) is 6.07. The number of nitrogens with one attached hydrogen (secondary N) is 1. The number of halogens is 1. The zero-order valence-electron chi connectivity index (χ0n) is 9.57. The molecule has 0 saturated carbocycles. The van der Waals surface area contributed by atoms with Gasteiger partial charge in [0.1, 0.15) is 5.82 Å². The maximum Gasteiger partial charge on any atom is 0.208 e. The van der Waals surface area contributed by atoms with Gasteiger partial charge in [-0.25, -0.2) is 10.2 Å². The van der Waals surface area contributed by atoms with Crippen LogP contribution in [0.3, 0.4) is 0 Å². The molecule has 0 aromatic heterocycles. The molecule has 0 fully saturated rings. The zero-order chi connectivity index (χ0) is 12.0. The van der Waals surface area contributed by atoms with E-state index in [9.17, 15) is 4.39 Å². The predicted octanol–water partition coefficient (Wildman–Crippen LogP) is 1.10. The van der Waals surface area contributed by atoms with E-state index < -0.39 is 0 Å². The molecule has 4 nitrogen and oxygen atoms in total. The molecule has 16 heavy (non-hydrogen) atoms.